The van der Waals surface area contributed by atoms with Gasteiger partial charge in [0, 0.05) is 30.3 Å². The van der Waals surface area contributed by atoms with Gasteiger partial charge in [0.05, 0.1) is 9.95 Å². The molecule has 0 atom stereocenters. The van der Waals surface area contributed by atoms with Gasteiger partial charge in [0.1, 0.15) is 23.2 Å². The number of hydrogen-bond acceptors (Lipinski definition) is 5. The molecule has 1 amide bonds. The highest BCUT2D eigenvalue weighted by molar-refractivity contribution is 6.33. The molecule has 3 aromatic rings. The summed E-state index contributed by atoms with van der Waals surface area (Å²) in [7, 11) is 0. The molecule has 0 unspecified atom stereocenters. The van der Waals surface area contributed by atoms with Crippen LogP contribution in [0.1, 0.15) is 17.7 Å². The summed E-state index contributed by atoms with van der Waals surface area (Å²) in [5, 5.41) is 23.3. The molecule has 0 saturated carbocycles. The Morgan fingerprint density at radius 2 is 1.97 bits per heavy atom. The zero-order valence-electron chi connectivity index (χ0n) is 16.4. The maximum Gasteiger partial charge on any atom is 0.270 e. The number of carbonyl (C=O) groups is 1. The van der Waals surface area contributed by atoms with Crippen molar-refractivity contribution in [2.75, 3.05) is 6.54 Å². The van der Waals surface area contributed by atoms with Gasteiger partial charge in [-0.25, -0.2) is 0 Å². The zero-order chi connectivity index (χ0) is 22.2. The Kier molecular flexibility index (Phi) is 7.20. The number of aryl methyl sites for hydroxylation is 1. The first-order valence-corrected chi connectivity index (χ1v) is 9.84. The number of nitrogens with zero attached hydrogens (tertiary/aromatic N) is 2. The van der Waals surface area contributed by atoms with Crippen LogP contribution >= 0.6 is 11.6 Å². The number of benzene rings is 2. The van der Waals surface area contributed by atoms with Crippen LogP contribution in [0.15, 0.2) is 70.7 Å². The van der Waals surface area contributed by atoms with E-state index >= 15 is 0 Å². The van der Waals surface area contributed by atoms with E-state index in [9.17, 15) is 20.2 Å². The highest BCUT2D eigenvalue weighted by Crippen LogP contribution is 2.33. The minimum absolute atomic E-state index is 0.106. The summed E-state index contributed by atoms with van der Waals surface area (Å²) in [5.74, 6) is 0.0518. The van der Waals surface area contributed by atoms with Gasteiger partial charge in [-0.15, -0.1) is 0 Å². The molecule has 156 valence electrons. The number of halogens is 1. The van der Waals surface area contributed by atoms with Crippen molar-refractivity contribution in [2.45, 2.75) is 12.8 Å². The number of nitro benzene ring substituents is 1. The van der Waals surface area contributed by atoms with Crippen molar-refractivity contribution >= 4 is 29.3 Å². The van der Waals surface area contributed by atoms with Crippen LogP contribution in [-0.4, -0.2) is 17.4 Å². The van der Waals surface area contributed by atoms with E-state index in [-0.39, 0.29) is 22.0 Å². The third-order valence-electron chi connectivity index (χ3n) is 4.48. The molecular formula is C23H18ClN3O4. The van der Waals surface area contributed by atoms with Gasteiger partial charge in [0.15, 0.2) is 0 Å². The topological polar surface area (TPSA) is 109 Å². The summed E-state index contributed by atoms with van der Waals surface area (Å²) in [6, 6.07) is 18.9. The van der Waals surface area contributed by atoms with Crippen LogP contribution in [0.4, 0.5) is 5.69 Å². The fraction of sp³-hybridized carbons (Fsp3) is 0.130. The Morgan fingerprint density at radius 1 is 1.19 bits per heavy atom. The standard InChI is InChI=1S/C23H18ClN3O4/c24-21-10-8-18(27(29)30)14-20(21)22-11-9-19(31-22)13-17(15-25)23(28)26-12-4-7-16-5-2-1-3-6-16/h1-3,5-6,8-11,13-14H,4,7,12H2,(H,26,28)/b17-13-. The van der Waals surface area contributed by atoms with Gasteiger partial charge in [-0.05, 0) is 36.6 Å². The van der Waals surface area contributed by atoms with Gasteiger partial charge >= 0.3 is 0 Å². The molecule has 0 saturated heterocycles. The molecule has 8 heteroatoms. The van der Waals surface area contributed by atoms with Crippen molar-refractivity contribution in [1.29, 1.82) is 5.26 Å². The maximum absolute atomic E-state index is 12.3. The van der Waals surface area contributed by atoms with E-state index in [2.05, 4.69) is 5.32 Å². The molecule has 0 aliphatic carbocycles. The molecule has 0 spiro atoms. The normalized spacial score (nSPS) is 11.0. The maximum atomic E-state index is 12.3. The van der Waals surface area contributed by atoms with Crippen LogP contribution in [0.5, 0.6) is 0 Å². The number of amides is 1. The predicted octanol–water partition coefficient (Wildman–Crippen LogP) is 5.16. The van der Waals surface area contributed by atoms with Crippen molar-refractivity contribution in [3.05, 3.63) is 92.7 Å². The summed E-state index contributed by atoms with van der Waals surface area (Å²) in [6.07, 6.45) is 2.88. The molecule has 2 aromatic carbocycles. The second kappa shape index (κ2) is 10.2. The van der Waals surface area contributed by atoms with E-state index < -0.39 is 10.8 Å². The monoisotopic (exact) mass is 435 g/mol. The van der Waals surface area contributed by atoms with Crippen LogP contribution in [-0.2, 0) is 11.2 Å². The lowest BCUT2D eigenvalue weighted by Gasteiger charge is -2.04. The first-order valence-electron chi connectivity index (χ1n) is 9.46. The van der Waals surface area contributed by atoms with Crippen molar-refractivity contribution in [2.24, 2.45) is 0 Å². The number of furan rings is 1. The number of carbonyl (C=O) groups excluding carboxylic acids is 1. The largest absolute Gasteiger partial charge is 0.457 e. The van der Waals surface area contributed by atoms with Crippen LogP contribution in [0, 0.1) is 21.4 Å². The number of rotatable bonds is 8. The molecule has 31 heavy (non-hydrogen) atoms. The molecule has 1 aromatic heterocycles. The lowest BCUT2D eigenvalue weighted by atomic mass is 10.1. The third kappa shape index (κ3) is 5.81. The predicted molar refractivity (Wildman–Crippen MR) is 117 cm³/mol. The molecule has 0 fully saturated rings. The first-order chi connectivity index (χ1) is 15.0. The van der Waals surface area contributed by atoms with E-state index in [0.29, 0.717) is 17.9 Å². The fourth-order valence-electron chi connectivity index (χ4n) is 2.92. The van der Waals surface area contributed by atoms with Gasteiger partial charge in [-0.2, -0.15) is 5.26 Å². The van der Waals surface area contributed by atoms with Crippen LogP contribution in [0.3, 0.4) is 0 Å². The number of nitriles is 1. The van der Waals surface area contributed by atoms with Crippen LogP contribution in [0.2, 0.25) is 5.02 Å². The lowest BCUT2D eigenvalue weighted by Crippen LogP contribution is -2.25. The molecule has 1 heterocycles. The van der Waals surface area contributed by atoms with Crippen molar-refractivity contribution in [3.63, 3.8) is 0 Å². The van der Waals surface area contributed by atoms with Crippen molar-refractivity contribution in [3.8, 4) is 17.4 Å². The molecule has 0 bridgehead atoms. The van der Waals surface area contributed by atoms with Gasteiger partial charge in [-0.1, -0.05) is 41.9 Å². The van der Waals surface area contributed by atoms with Gasteiger partial charge in [0.25, 0.3) is 11.6 Å². The number of nitrogens with one attached hydrogen (secondary N) is 1. The number of non-ortho nitro benzene ring substituents is 1. The van der Waals surface area contributed by atoms with Gasteiger partial charge in [0.2, 0.25) is 0 Å². The Hall–Kier alpha value is -3.89. The van der Waals surface area contributed by atoms with E-state index in [0.717, 1.165) is 12.8 Å². The van der Waals surface area contributed by atoms with Crippen molar-refractivity contribution < 1.29 is 14.1 Å². The summed E-state index contributed by atoms with van der Waals surface area (Å²) in [5.41, 5.74) is 1.29. The Morgan fingerprint density at radius 3 is 2.68 bits per heavy atom. The van der Waals surface area contributed by atoms with E-state index in [4.69, 9.17) is 16.0 Å². The Labute approximate surface area is 183 Å². The highest BCUT2D eigenvalue weighted by Gasteiger charge is 2.15. The fourth-order valence-corrected chi connectivity index (χ4v) is 3.13. The van der Waals surface area contributed by atoms with E-state index in [1.54, 1.807) is 12.1 Å². The van der Waals surface area contributed by atoms with Gasteiger partial charge < -0.3 is 9.73 Å². The molecule has 0 radical (unpaired) electrons. The van der Waals surface area contributed by atoms with Crippen LogP contribution in [0.25, 0.3) is 17.4 Å². The average molecular weight is 436 g/mol. The van der Waals surface area contributed by atoms with Gasteiger partial charge in [-0.3, -0.25) is 14.9 Å². The quantitative estimate of drug-likeness (QED) is 0.173. The smallest absolute Gasteiger partial charge is 0.270 e. The van der Waals surface area contributed by atoms with Crippen molar-refractivity contribution in [1.82, 2.24) is 5.32 Å². The minimum Gasteiger partial charge on any atom is -0.457 e. The second-order valence-corrected chi connectivity index (χ2v) is 7.05. The summed E-state index contributed by atoms with van der Waals surface area (Å²) in [6.45, 7) is 0.430. The molecule has 0 aliphatic heterocycles. The Balaban J connectivity index is 1.66. The molecular weight excluding hydrogens is 418 g/mol. The molecule has 0 aliphatic rings. The average Bonchev–Trinajstić information content (AvgIpc) is 3.24. The second-order valence-electron chi connectivity index (χ2n) is 6.64. The summed E-state index contributed by atoms with van der Waals surface area (Å²) < 4.78 is 5.64. The molecule has 1 N–H and O–H groups in total. The summed E-state index contributed by atoms with van der Waals surface area (Å²) >= 11 is 6.13. The number of hydrogen-bond donors (Lipinski definition) is 1. The minimum atomic E-state index is -0.528. The number of nitro groups is 1. The zero-order valence-corrected chi connectivity index (χ0v) is 17.1. The lowest BCUT2D eigenvalue weighted by molar-refractivity contribution is -0.384. The summed E-state index contributed by atoms with van der Waals surface area (Å²) in [4.78, 5) is 22.8. The van der Waals surface area contributed by atoms with E-state index in [1.165, 1.54) is 29.8 Å². The van der Waals surface area contributed by atoms with E-state index in [1.807, 2.05) is 36.4 Å². The molecule has 7 nitrogen and oxygen atoms in total. The van der Waals surface area contributed by atoms with Crippen LogP contribution < -0.4 is 5.32 Å². The Bertz CT molecular complexity index is 1160. The highest BCUT2D eigenvalue weighted by atomic mass is 35.5. The SMILES string of the molecule is N#C/C(=C/c1ccc(-c2cc([N+](=O)[O-])ccc2Cl)o1)C(=O)NCCCc1ccccc1. The molecule has 3 rings (SSSR count). The third-order valence-corrected chi connectivity index (χ3v) is 4.80. The first kappa shape index (κ1) is 21.8.